The molecular formula is C50H87NO7. The Morgan fingerprint density at radius 1 is 0.534 bits per heavy atom. The number of quaternary nitrogens is 1. The number of rotatable bonds is 41. The second-order valence-electron chi connectivity index (χ2n) is 16.6. The van der Waals surface area contributed by atoms with Crippen LogP contribution in [-0.4, -0.2) is 75.5 Å². The third-order valence-electron chi connectivity index (χ3n) is 10.1. The number of carbonyl (C=O) groups excluding carboxylic acids is 3. The first kappa shape index (κ1) is 55.0. The van der Waals surface area contributed by atoms with Gasteiger partial charge in [0.25, 0.3) is 0 Å². The Labute approximate surface area is 356 Å². The Morgan fingerprint density at radius 2 is 0.966 bits per heavy atom. The molecule has 0 aliphatic carbocycles. The van der Waals surface area contributed by atoms with Crippen LogP contribution < -0.4 is 5.11 Å². The fraction of sp³-hybridized carbons (Fsp3) is 0.740. The summed E-state index contributed by atoms with van der Waals surface area (Å²) in [6.45, 7) is 4.49. The molecule has 8 heteroatoms. The topological polar surface area (TPSA) is 102 Å². The highest BCUT2D eigenvalue weighted by Gasteiger charge is 2.25. The molecule has 0 N–H and O–H groups in total. The van der Waals surface area contributed by atoms with Crippen LogP contribution in [0.3, 0.4) is 0 Å². The molecule has 0 saturated carbocycles. The predicted octanol–water partition coefficient (Wildman–Crippen LogP) is 11.6. The van der Waals surface area contributed by atoms with Gasteiger partial charge in [-0.2, -0.15) is 0 Å². The quantitative estimate of drug-likeness (QED) is 0.0262. The molecule has 0 aromatic rings. The van der Waals surface area contributed by atoms with E-state index in [0.29, 0.717) is 12.8 Å². The van der Waals surface area contributed by atoms with Crippen molar-refractivity contribution in [2.24, 2.45) is 0 Å². The Balaban J connectivity index is 4.25. The lowest BCUT2D eigenvalue weighted by Crippen LogP contribution is -2.55. The van der Waals surface area contributed by atoms with Crippen molar-refractivity contribution in [1.82, 2.24) is 0 Å². The number of hydrogen-bond donors (Lipinski definition) is 0. The zero-order valence-electron chi connectivity index (χ0n) is 37.9. The minimum atomic E-state index is -1.13. The summed E-state index contributed by atoms with van der Waals surface area (Å²) in [5, 5.41) is 11.6. The van der Waals surface area contributed by atoms with E-state index in [-0.39, 0.29) is 42.7 Å². The largest absolute Gasteiger partial charge is 0.544 e. The highest BCUT2D eigenvalue weighted by atomic mass is 16.6. The Bertz CT molecular complexity index is 1130. The van der Waals surface area contributed by atoms with E-state index in [4.69, 9.17) is 14.2 Å². The van der Waals surface area contributed by atoms with Crippen molar-refractivity contribution >= 4 is 17.9 Å². The third kappa shape index (κ3) is 38.5. The van der Waals surface area contributed by atoms with Gasteiger partial charge in [-0.1, -0.05) is 158 Å². The van der Waals surface area contributed by atoms with Gasteiger partial charge in [-0.3, -0.25) is 9.59 Å². The number of unbranched alkanes of at least 4 members (excludes halogenated alkanes) is 17. The average Bonchev–Trinajstić information content (AvgIpc) is 3.18. The van der Waals surface area contributed by atoms with Gasteiger partial charge in [-0.05, 0) is 70.6 Å². The van der Waals surface area contributed by atoms with Crippen LogP contribution in [0.2, 0.25) is 0 Å². The number of ether oxygens (including phenoxy) is 3. The molecule has 0 amide bonds. The van der Waals surface area contributed by atoms with Crippen molar-refractivity contribution < 1.29 is 38.2 Å². The second kappa shape index (κ2) is 40.8. The van der Waals surface area contributed by atoms with Gasteiger partial charge >= 0.3 is 11.9 Å². The smallest absolute Gasteiger partial charge is 0.306 e. The molecule has 0 aliphatic heterocycles. The van der Waals surface area contributed by atoms with E-state index >= 15 is 0 Å². The number of esters is 2. The summed E-state index contributed by atoms with van der Waals surface area (Å²) >= 11 is 0. The van der Waals surface area contributed by atoms with Gasteiger partial charge in [0.1, 0.15) is 12.6 Å². The first-order valence-electron chi connectivity index (χ1n) is 23.3. The fourth-order valence-corrected chi connectivity index (χ4v) is 6.51. The van der Waals surface area contributed by atoms with Crippen LogP contribution in [0.15, 0.2) is 60.8 Å². The highest BCUT2D eigenvalue weighted by Crippen LogP contribution is 2.14. The summed E-state index contributed by atoms with van der Waals surface area (Å²) in [7, 11) is 5.40. The molecule has 0 aromatic carbocycles. The zero-order valence-corrected chi connectivity index (χ0v) is 37.9. The van der Waals surface area contributed by atoms with E-state index < -0.39 is 18.1 Å². The maximum absolute atomic E-state index is 12.7. The summed E-state index contributed by atoms with van der Waals surface area (Å²) in [6, 6.07) is -0.729. The summed E-state index contributed by atoms with van der Waals surface area (Å²) in [5.41, 5.74) is 0. The molecule has 0 bridgehead atoms. The number of hydrogen-bond acceptors (Lipinski definition) is 7. The molecule has 334 valence electrons. The van der Waals surface area contributed by atoms with E-state index in [0.717, 1.165) is 77.0 Å². The van der Waals surface area contributed by atoms with E-state index in [9.17, 15) is 19.5 Å². The van der Waals surface area contributed by atoms with Crippen molar-refractivity contribution in [3.8, 4) is 0 Å². The summed E-state index contributed by atoms with van der Waals surface area (Å²) in [5.74, 6) is -1.76. The summed E-state index contributed by atoms with van der Waals surface area (Å²) in [4.78, 5) is 36.9. The van der Waals surface area contributed by atoms with Gasteiger partial charge in [0.2, 0.25) is 0 Å². The van der Waals surface area contributed by atoms with Crippen LogP contribution in [0.5, 0.6) is 0 Å². The first-order valence-corrected chi connectivity index (χ1v) is 23.3. The molecule has 0 fully saturated rings. The van der Waals surface area contributed by atoms with Crippen LogP contribution in [-0.2, 0) is 28.6 Å². The number of allylic oxidation sites excluding steroid dienone is 10. The van der Waals surface area contributed by atoms with Crippen molar-refractivity contribution in [2.75, 3.05) is 41.0 Å². The van der Waals surface area contributed by atoms with Crippen LogP contribution in [0.25, 0.3) is 0 Å². The molecule has 0 spiro atoms. The third-order valence-corrected chi connectivity index (χ3v) is 10.1. The van der Waals surface area contributed by atoms with Gasteiger partial charge < -0.3 is 28.6 Å². The van der Waals surface area contributed by atoms with Crippen molar-refractivity contribution in [2.45, 2.75) is 199 Å². The number of carboxylic acids is 1. The SMILES string of the molecule is CC/C=C/C/C=C/C/C=C/C/C=C/CCCCCCCCCCCCC(=O)OC(COCCC(C(=O)[O-])[N+](C)(C)C)COC(=O)CCCCCCC/C=C/CCCC. The summed E-state index contributed by atoms with van der Waals surface area (Å²) in [6.07, 6.45) is 49.6. The van der Waals surface area contributed by atoms with E-state index in [1.54, 1.807) is 21.1 Å². The van der Waals surface area contributed by atoms with Gasteiger partial charge in [0.05, 0.1) is 40.3 Å². The molecule has 2 atom stereocenters. The molecule has 58 heavy (non-hydrogen) atoms. The maximum Gasteiger partial charge on any atom is 0.306 e. The normalized spacial score (nSPS) is 13.5. The highest BCUT2D eigenvalue weighted by molar-refractivity contribution is 5.70. The molecule has 2 unspecified atom stereocenters. The number of nitrogens with zero attached hydrogens (tertiary/aromatic N) is 1. The monoisotopic (exact) mass is 814 g/mol. The van der Waals surface area contributed by atoms with Gasteiger partial charge in [0, 0.05) is 19.3 Å². The molecule has 0 radical (unpaired) electrons. The minimum absolute atomic E-state index is 0.0350. The Hall–Kier alpha value is -2.97. The van der Waals surface area contributed by atoms with Gasteiger partial charge in [0.15, 0.2) is 6.10 Å². The average molecular weight is 814 g/mol. The lowest BCUT2D eigenvalue weighted by molar-refractivity contribution is -0.889. The van der Waals surface area contributed by atoms with E-state index in [1.807, 2.05) is 0 Å². The van der Waals surface area contributed by atoms with Crippen LogP contribution in [0.4, 0.5) is 0 Å². The molecular weight excluding hydrogens is 727 g/mol. The minimum Gasteiger partial charge on any atom is -0.544 e. The molecule has 8 nitrogen and oxygen atoms in total. The molecule has 0 rings (SSSR count). The molecule has 0 saturated heterocycles. The fourth-order valence-electron chi connectivity index (χ4n) is 6.51. The molecule has 0 aliphatic rings. The summed E-state index contributed by atoms with van der Waals surface area (Å²) < 4.78 is 17.2. The Kier molecular flexibility index (Phi) is 38.7. The van der Waals surface area contributed by atoms with Gasteiger partial charge in [-0.25, -0.2) is 0 Å². The van der Waals surface area contributed by atoms with Crippen LogP contribution in [0, 0.1) is 0 Å². The van der Waals surface area contributed by atoms with Gasteiger partial charge in [-0.15, -0.1) is 0 Å². The van der Waals surface area contributed by atoms with E-state index in [2.05, 4.69) is 74.6 Å². The number of likely N-dealkylation sites (N-methyl/N-ethyl adjacent to an activating group) is 1. The predicted molar refractivity (Wildman–Crippen MR) is 240 cm³/mol. The first-order chi connectivity index (χ1) is 28.1. The Morgan fingerprint density at radius 3 is 1.45 bits per heavy atom. The maximum atomic E-state index is 12.7. The zero-order chi connectivity index (χ0) is 42.8. The second-order valence-corrected chi connectivity index (χ2v) is 16.6. The van der Waals surface area contributed by atoms with Crippen molar-refractivity contribution in [3.05, 3.63) is 60.8 Å². The lowest BCUT2D eigenvalue weighted by atomic mass is 10.0. The standard InChI is InChI=1S/C50H87NO7/c1-6-8-10-12-14-16-18-19-20-21-22-23-24-25-26-27-28-29-31-33-35-37-39-41-49(53)58-46(44-56-43-42-47(50(54)55)51(3,4)5)45-57-48(52)40-38-36-34-32-30-17-15-13-11-9-7-2/h8,10,13-16,19-20,22-23,46-47H,6-7,9,11-12,17-18,21,24-45H2,1-5H3/b10-8+,15-13+,16-14+,20-19+,23-22+. The van der Waals surface area contributed by atoms with Crippen molar-refractivity contribution in [3.63, 3.8) is 0 Å². The lowest BCUT2D eigenvalue weighted by Gasteiger charge is -2.34. The van der Waals surface area contributed by atoms with Crippen LogP contribution in [0.1, 0.15) is 187 Å². The molecule has 0 aromatic heterocycles. The van der Waals surface area contributed by atoms with Crippen molar-refractivity contribution in [1.29, 1.82) is 0 Å². The number of carbonyl (C=O) groups is 3. The van der Waals surface area contributed by atoms with Crippen LogP contribution >= 0.6 is 0 Å². The number of carboxylic acid groups (broad SMARTS) is 1. The van der Waals surface area contributed by atoms with E-state index in [1.165, 1.54) is 77.0 Å². The number of aliphatic carboxylic acids is 1. The molecule has 0 heterocycles.